The number of aryl methyl sites for hydroxylation is 2. The van der Waals surface area contributed by atoms with E-state index in [0.29, 0.717) is 5.56 Å². The van der Waals surface area contributed by atoms with Crippen molar-refractivity contribution in [3.05, 3.63) is 58.9 Å². The minimum atomic E-state index is -0.381. The third kappa shape index (κ3) is 4.42. The van der Waals surface area contributed by atoms with Gasteiger partial charge in [-0.05, 0) is 49.9 Å². The van der Waals surface area contributed by atoms with Gasteiger partial charge in [-0.3, -0.25) is 4.79 Å². The van der Waals surface area contributed by atoms with Gasteiger partial charge in [-0.2, -0.15) is 0 Å². The number of methoxy groups -OCH3 is 1. The summed E-state index contributed by atoms with van der Waals surface area (Å²) in [5, 5.41) is 0. The number of unbranched alkanes of at least 4 members (excludes halogenated alkanes) is 2. The van der Waals surface area contributed by atoms with Crippen molar-refractivity contribution in [3.8, 4) is 16.9 Å². The van der Waals surface area contributed by atoms with Crippen molar-refractivity contribution in [2.24, 2.45) is 5.73 Å². The molecular weight excluding hydrogens is 376 g/mol. The highest BCUT2D eigenvalue weighted by Crippen LogP contribution is 2.36. The number of primary amides is 1. The molecule has 0 spiro atoms. The number of carbonyl (C=O) groups excluding carboxylic acids is 1. The molecule has 2 heterocycles. The van der Waals surface area contributed by atoms with E-state index in [4.69, 9.17) is 10.5 Å². The fraction of sp³-hybridized carbons (Fsp3) is 0.417. The Morgan fingerprint density at radius 3 is 2.63 bits per heavy atom. The molecule has 0 aliphatic carbocycles. The predicted molar refractivity (Wildman–Crippen MR) is 120 cm³/mol. The first-order valence-corrected chi connectivity index (χ1v) is 10.6. The largest absolute Gasteiger partial charge is 0.496 e. The molecule has 0 unspecified atom stereocenters. The van der Waals surface area contributed by atoms with Gasteiger partial charge in [0.05, 0.1) is 19.0 Å². The molecule has 0 saturated heterocycles. The second kappa shape index (κ2) is 9.65. The Balaban J connectivity index is 2.12. The van der Waals surface area contributed by atoms with Gasteiger partial charge in [0, 0.05) is 41.8 Å². The average molecular weight is 409 g/mol. The van der Waals surface area contributed by atoms with E-state index in [2.05, 4.69) is 27.5 Å². The summed E-state index contributed by atoms with van der Waals surface area (Å²) < 4.78 is 7.70. The van der Waals surface area contributed by atoms with Crippen LogP contribution in [0.1, 0.15) is 59.2 Å². The van der Waals surface area contributed by atoms with Crippen molar-refractivity contribution < 1.29 is 9.53 Å². The van der Waals surface area contributed by atoms with Crippen LogP contribution in [0.15, 0.2) is 30.7 Å². The van der Waals surface area contributed by atoms with Crippen LogP contribution >= 0.6 is 0 Å². The second-order valence-corrected chi connectivity index (χ2v) is 7.77. The van der Waals surface area contributed by atoms with Crippen LogP contribution in [0.3, 0.4) is 0 Å². The lowest BCUT2D eigenvalue weighted by atomic mass is 9.96. The number of carbonyl (C=O) groups is 1. The number of amides is 1. The van der Waals surface area contributed by atoms with Crippen molar-refractivity contribution in [1.29, 1.82) is 0 Å². The molecule has 2 aromatic heterocycles. The molecule has 0 aliphatic heterocycles. The van der Waals surface area contributed by atoms with Gasteiger partial charge in [-0.15, -0.1) is 0 Å². The van der Waals surface area contributed by atoms with Crippen molar-refractivity contribution in [3.63, 3.8) is 0 Å². The summed E-state index contributed by atoms with van der Waals surface area (Å²) in [5.74, 6) is 0.454. The first-order chi connectivity index (χ1) is 14.5. The van der Waals surface area contributed by atoms with E-state index in [1.165, 1.54) is 5.69 Å². The monoisotopic (exact) mass is 408 g/mol. The molecule has 0 radical (unpaired) electrons. The van der Waals surface area contributed by atoms with Crippen LogP contribution in [0.25, 0.3) is 11.1 Å². The molecule has 0 saturated carbocycles. The van der Waals surface area contributed by atoms with Crippen molar-refractivity contribution >= 4 is 5.91 Å². The van der Waals surface area contributed by atoms with Crippen LogP contribution < -0.4 is 10.5 Å². The summed E-state index contributed by atoms with van der Waals surface area (Å²) in [6, 6.07) is 6.07. The van der Waals surface area contributed by atoms with E-state index >= 15 is 0 Å². The maximum absolute atomic E-state index is 12.5. The molecule has 1 aromatic carbocycles. The molecule has 0 atom stereocenters. The van der Waals surface area contributed by atoms with Gasteiger partial charge in [-0.1, -0.05) is 25.8 Å². The molecule has 6 nitrogen and oxygen atoms in total. The lowest BCUT2D eigenvalue weighted by molar-refractivity contribution is 0.1000. The van der Waals surface area contributed by atoms with Crippen LogP contribution in [0.2, 0.25) is 0 Å². The van der Waals surface area contributed by atoms with Crippen LogP contribution in [0.5, 0.6) is 5.75 Å². The Kier molecular flexibility index (Phi) is 6.98. The van der Waals surface area contributed by atoms with E-state index in [0.717, 1.165) is 72.5 Å². The quantitative estimate of drug-likeness (QED) is 0.482. The van der Waals surface area contributed by atoms with Crippen LogP contribution in [0.4, 0.5) is 0 Å². The summed E-state index contributed by atoms with van der Waals surface area (Å²) in [6.07, 6.45) is 8.63. The topological polar surface area (TPSA) is 85.9 Å². The van der Waals surface area contributed by atoms with E-state index in [9.17, 15) is 4.79 Å². The number of ether oxygens (including phenoxy) is 1. The number of nitrogens with two attached hydrogens (primary N) is 1. The number of rotatable bonds is 10. The number of hydrogen-bond acceptors (Lipinski definition) is 3. The fourth-order valence-electron chi connectivity index (χ4n) is 4.20. The molecular formula is C24H32N4O2. The maximum Gasteiger partial charge on any atom is 0.251 e. The molecule has 30 heavy (non-hydrogen) atoms. The number of benzene rings is 1. The smallest absolute Gasteiger partial charge is 0.251 e. The zero-order valence-corrected chi connectivity index (χ0v) is 18.4. The highest BCUT2D eigenvalue weighted by atomic mass is 16.5. The van der Waals surface area contributed by atoms with E-state index in [1.54, 1.807) is 13.4 Å². The summed E-state index contributed by atoms with van der Waals surface area (Å²) in [7, 11) is 1.67. The molecule has 1 amide bonds. The Bertz CT molecular complexity index is 1000. The molecule has 3 rings (SSSR count). The zero-order valence-electron chi connectivity index (χ0n) is 18.4. The lowest BCUT2D eigenvalue weighted by Gasteiger charge is -2.14. The number of hydrogen-bond donors (Lipinski definition) is 2. The summed E-state index contributed by atoms with van der Waals surface area (Å²) in [4.78, 5) is 19.8. The lowest BCUT2D eigenvalue weighted by Crippen LogP contribution is -2.14. The Morgan fingerprint density at radius 2 is 2.03 bits per heavy atom. The normalized spacial score (nSPS) is 11.1. The first-order valence-electron chi connectivity index (χ1n) is 10.6. The van der Waals surface area contributed by atoms with Gasteiger partial charge in [0.1, 0.15) is 5.75 Å². The minimum absolute atomic E-state index is 0.381. The van der Waals surface area contributed by atoms with Gasteiger partial charge >= 0.3 is 0 Å². The number of aromatic amines is 1. The second-order valence-electron chi connectivity index (χ2n) is 7.77. The van der Waals surface area contributed by atoms with Gasteiger partial charge in [0.2, 0.25) is 0 Å². The van der Waals surface area contributed by atoms with Crippen molar-refractivity contribution in [2.75, 3.05) is 7.11 Å². The summed E-state index contributed by atoms with van der Waals surface area (Å²) in [6.45, 7) is 6.98. The van der Waals surface area contributed by atoms with E-state index in [-0.39, 0.29) is 5.91 Å². The zero-order chi connectivity index (χ0) is 21.7. The highest BCUT2D eigenvalue weighted by molar-refractivity contribution is 6.02. The van der Waals surface area contributed by atoms with Gasteiger partial charge in [-0.25, -0.2) is 4.98 Å². The number of imidazole rings is 1. The number of aromatic nitrogens is 3. The van der Waals surface area contributed by atoms with Crippen LogP contribution in [-0.4, -0.2) is 27.6 Å². The number of H-pyrrole nitrogens is 1. The van der Waals surface area contributed by atoms with Crippen LogP contribution in [0, 0.1) is 13.8 Å². The van der Waals surface area contributed by atoms with Crippen molar-refractivity contribution in [1.82, 2.24) is 14.5 Å². The molecule has 0 bridgehead atoms. The Morgan fingerprint density at radius 1 is 1.23 bits per heavy atom. The summed E-state index contributed by atoms with van der Waals surface area (Å²) in [5.41, 5.74) is 12.7. The number of nitrogens with one attached hydrogen (secondary N) is 1. The SMILES string of the molecule is CCCCCc1c(-c2ccc(OC)c(C)c2)c(C(N)=O)c(C)n1CCc1cnc[nH]1. The minimum Gasteiger partial charge on any atom is -0.496 e. The van der Waals surface area contributed by atoms with Crippen molar-refractivity contribution in [2.45, 2.75) is 59.4 Å². The van der Waals surface area contributed by atoms with Gasteiger partial charge in [0.15, 0.2) is 0 Å². The third-order valence-corrected chi connectivity index (χ3v) is 5.74. The van der Waals surface area contributed by atoms with Crippen LogP contribution in [-0.2, 0) is 19.4 Å². The average Bonchev–Trinajstić information content (AvgIpc) is 3.33. The fourth-order valence-corrected chi connectivity index (χ4v) is 4.20. The Labute approximate surface area is 178 Å². The molecule has 3 N–H and O–H groups in total. The molecule has 3 aromatic rings. The highest BCUT2D eigenvalue weighted by Gasteiger charge is 2.25. The standard InChI is InChI=1S/C24H32N4O2/c1-5-6-7-8-20-23(18-9-10-21(30-4)16(2)13-18)22(24(25)29)17(3)28(20)12-11-19-14-26-15-27-19/h9-10,13-15H,5-8,11-12H2,1-4H3,(H2,25,29)(H,26,27). The number of nitrogens with zero attached hydrogens (tertiary/aromatic N) is 2. The maximum atomic E-state index is 12.5. The third-order valence-electron chi connectivity index (χ3n) is 5.74. The summed E-state index contributed by atoms with van der Waals surface area (Å²) >= 11 is 0. The van der Waals surface area contributed by atoms with Gasteiger partial charge < -0.3 is 20.0 Å². The Hall–Kier alpha value is -3.02. The molecule has 6 heteroatoms. The predicted octanol–water partition coefficient (Wildman–Crippen LogP) is 4.58. The first kappa shape index (κ1) is 21.7. The molecule has 0 fully saturated rings. The van der Waals surface area contributed by atoms with E-state index in [1.807, 2.05) is 32.2 Å². The van der Waals surface area contributed by atoms with Gasteiger partial charge in [0.25, 0.3) is 5.91 Å². The molecule has 160 valence electrons. The van der Waals surface area contributed by atoms with E-state index < -0.39 is 0 Å². The molecule has 0 aliphatic rings.